The maximum atomic E-state index is 12.2. The van der Waals surface area contributed by atoms with Gasteiger partial charge in [-0.25, -0.2) is 0 Å². The molecule has 2 heterocycles. The molecule has 1 aromatic carbocycles. The van der Waals surface area contributed by atoms with Crippen LogP contribution in [0.25, 0.3) is 0 Å². The van der Waals surface area contributed by atoms with E-state index in [0.717, 1.165) is 11.3 Å². The molecule has 1 aliphatic rings. The lowest BCUT2D eigenvalue weighted by Crippen LogP contribution is -2.28. The Balaban J connectivity index is 1.83. The Bertz CT molecular complexity index is 721. The van der Waals surface area contributed by atoms with Gasteiger partial charge in [0.1, 0.15) is 11.1 Å². The van der Waals surface area contributed by atoms with E-state index in [4.69, 9.17) is 4.74 Å². The molecule has 0 N–H and O–H groups in total. The first-order chi connectivity index (χ1) is 11.1. The van der Waals surface area contributed by atoms with E-state index in [0.29, 0.717) is 18.0 Å². The van der Waals surface area contributed by atoms with E-state index < -0.39 is 0 Å². The number of esters is 1. The second kappa shape index (κ2) is 6.83. The molecule has 1 fully saturated rings. The van der Waals surface area contributed by atoms with E-state index in [2.05, 4.69) is 4.98 Å². The van der Waals surface area contributed by atoms with Crippen molar-refractivity contribution >= 4 is 23.6 Å². The van der Waals surface area contributed by atoms with Crippen molar-refractivity contribution < 1.29 is 14.3 Å². The second-order valence-corrected chi connectivity index (χ2v) is 6.24. The molecule has 1 amide bonds. The summed E-state index contributed by atoms with van der Waals surface area (Å²) in [5, 5.41) is -0.0972. The first-order valence-corrected chi connectivity index (χ1v) is 8.28. The number of carbonyl (C=O) groups excluding carboxylic acids is 2. The summed E-state index contributed by atoms with van der Waals surface area (Å²) in [6.45, 7) is 1.84. The third-order valence-corrected chi connectivity index (χ3v) is 4.69. The smallest absolute Gasteiger partial charge is 0.308 e. The van der Waals surface area contributed by atoms with Crippen LogP contribution in [0.1, 0.15) is 23.6 Å². The van der Waals surface area contributed by atoms with Crippen LogP contribution in [0.2, 0.25) is 0 Å². The van der Waals surface area contributed by atoms with Crippen molar-refractivity contribution in [3.05, 3.63) is 59.9 Å². The standard InChI is InChI=1S/C17H16N2O3S/c1-12(20)22-15-7-4-5-13(9-15)17-19(16(21)11-23-17)10-14-6-2-3-8-18-14/h2-9,17H,10-11H2,1H3. The summed E-state index contributed by atoms with van der Waals surface area (Å²) in [5.41, 5.74) is 1.79. The van der Waals surface area contributed by atoms with Gasteiger partial charge in [0.05, 0.1) is 18.0 Å². The average Bonchev–Trinajstić information content (AvgIpc) is 2.89. The molecule has 1 aromatic heterocycles. The number of amides is 1. The first kappa shape index (κ1) is 15.6. The van der Waals surface area contributed by atoms with Gasteiger partial charge in [0.25, 0.3) is 0 Å². The Hall–Kier alpha value is -2.34. The minimum atomic E-state index is -0.359. The van der Waals surface area contributed by atoms with Crippen LogP contribution in [0.5, 0.6) is 5.75 Å². The number of pyridine rings is 1. The van der Waals surface area contributed by atoms with Crippen molar-refractivity contribution in [2.24, 2.45) is 0 Å². The Morgan fingerprint density at radius 2 is 2.22 bits per heavy atom. The molecule has 0 spiro atoms. The lowest BCUT2D eigenvalue weighted by molar-refractivity contribution is -0.132. The normalized spacial score (nSPS) is 17.3. The topological polar surface area (TPSA) is 59.5 Å². The van der Waals surface area contributed by atoms with Crippen LogP contribution in [0, 0.1) is 0 Å². The molecule has 2 aromatic rings. The molecule has 6 heteroatoms. The molecular formula is C17H16N2O3S. The van der Waals surface area contributed by atoms with E-state index in [1.807, 2.05) is 36.4 Å². The van der Waals surface area contributed by atoms with E-state index >= 15 is 0 Å². The van der Waals surface area contributed by atoms with Gasteiger partial charge in [-0.15, -0.1) is 11.8 Å². The summed E-state index contributed by atoms with van der Waals surface area (Å²) in [7, 11) is 0. The average molecular weight is 328 g/mol. The zero-order chi connectivity index (χ0) is 16.2. The molecule has 1 saturated heterocycles. The van der Waals surface area contributed by atoms with E-state index in [1.54, 1.807) is 28.9 Å². The molecule has 5 nitrogen and oxygen atoms in total. The lowest BCUT2D eigenvalue weighted by atomic mass is 10.2. The predicted molar refractivity (Wildman–Crippen MR) is 87.7 cm³/mol. The third-order valence-electron chi connectivity index (χ3n) is 3.43. The zero-order valence-electron chi connectivity index (χ0n) is 12.6. The zero-order valence-corrected chi connectivity index (χ0v) is 13.5. The van der Waals surface area contributed by atoms with Crippen LogP contribution >= 0.6 is 11.8 Å². The van der Waals surface area contributed by atoms with E-state index in [1.165, 1.54) is 6.92 Å². The molecule has 3 rings (SSSR count). The Morgan fingerprint density at radius 1 is 1.35 bits per heavy atom. The molecule has 118 valence electrons. The monoisotopic (exact) mass is 328 g/mol. The lowest BCUT2D eigenvalue weighted by Gasteiger charge is -2.24. The van der Waals surface area contributed by atoms with Gasteiger partial charge in [-0.05, 0) is 29.8 Å². The van der Waals surface area contributed by atoms with Crippen LogP contribution in [-0.4, -0.2) is 27.5 Å². The number of benzene rings is 1. The first-order valence-electron chi connectivity index (χ1n) is 7.23. The minimum absolute atomic E-state index is 0.0866. The predicted octanol–water partition coefficient (Wildman–Crippen LogP) is 2.78. The molecule has 23 heavy (non-hydrogen) atoms. The summed E-state index contributed by atoms with van der Waals surface area (Å²) in [6.07, 6.45) is 1.72. The van der Waals surface area contributed by atoms with Crippen molar-refractivity contribution in [1.29, 1.82) is 0 Å². The fraction of sp³-hybridized carbons (Fsp3) is 0.235. The van der Waals surface area contributed by atoms with E-state index in [-0.39, 0.29) is 17.3 Å². The van der Waals surface area contributed by atoms with Crippen molar-refractivity contribution in [3.63, 3.8) is 0 Å². The molecule has 0 aliphatic carbocycles. The molecule has 1 aliphatic heterocycles. The van der Waals surface area contributed by atoms with Gasteiger partial charge in [0.15, 0.2) is 0 Å². The highest BCUT2D eigenvalue weighted by Gasteiger charge is 2.33. The van der Waals surface area contributed by atoms with E-state index in [9.17, 15) is 9.59 Å². The fourth-order valence-corrected chi connectivity index (χ4v) is 3.64. The summed E-state index contributed by atoms with van der Waals surface area (Å²) in [5.74, 6) is 0.661. The maximum Gasteiger partial charge on any atom is 0.308 e. The Kier molecular flexibility index (Phi) is 4.62. The van der Waals surface area contributed by atoms with Crippen LogP contribution in [0.4, 0.5) is 0 Å². The van der Waals surface area contributed by atoms with Crippen molar-refractivity contribution in [3.8, 4) is 5.75 Å². The number of ether oxygens (including phenoxy) is 1. The highest BCUT2D eigenvalue weighted by Crippen LogP contribution is 2.40. The Labute approximate surface area is 138 Å². The van der Waals surface area contributed by atoms with Gasteiger partial charge < -0.3 is 9.64 Å². The summed E-state index contributed by atoms with van der Waals surface area (Å²) >= 11 is 1.57. The number of nitrogens with zero attached hydrogens (tertiary/aromatic N) is 2. The molecular weight excluding hydrogens is 312 g/mol. The van der Waals surface area contributed by atoms with Gasteiger partial charge in [0, 0.05) is 13.1 Å². The molecule has 1 unspecified atom stereocenters. The van der Waals surface area contributed by atoms with Gasteiger partial charge in [-0.1, -0.05) is 18.2 Å². The van der Waals surface area contributed by atoms with Gasteiger partial charge in [-0.3, -0.25) is 14.6 Å². The minimum Gasteiger partial charge on any atom is -0.427 e. The van der Waals surface area contributed by atoms with Crippen LogP contribution < -0.4 is 4.74 Å². The number of hydrogen-bond acceptors (Lipinski definition) is 5. The number of thioether (sulfide) groups is 1. The van der Waals surface area contributed by atoms with Gasteiger partial charge >= 0.3 is 5.97 Å². The largest absolute Gasteiger partial charge is 0.427 e. The summed E-state index contributed by atoms with van der Waals surface area (Å²) in [4.78, 5) is 29.4. The number of carbonyl (C=O) groups is 2. The molecule has 0 bridgehead atoms. The molecule has 0 saturated carbocycles. The number of aromatic nitrogens is 1. The highest BCUT2D eigenvalue weighted by atomic mass is 32.2. The van der Waals surface area contributed by atoms with Gasteiger partial charge in [0.2, 0.25) is 5.91 Å². The van der Waals surface area contributed by atoms with Crippen LogP contribution in [0.15, 0.2) is 48.7 Å². The SMILES string of the molecule is CC(=O)Oc1cccc(C2SCC(=O)N2Cc2ccccn2)c1. The molecule has 0 radical (unpaired) electrons. The van der Waals surface area contributed by atoms with Gasteiger partial charge in [-0.2, -0.15) is 0 Å². The van der Waals surface area contributed by atoms with Crippen molar-refractivity contribution in [2.45, 2.75) is 18.8 Å². The number of rotatable bonds is 4. The van der Waals surface area contributed by atoms with Crippen molar-refractivity contribution in [2.75, 3.05) is 5.75 Å². The van der Waals surface area contributed by atoms with Crippen LogP contribution in [-0.2, 0) is 16.1 Å². The number of hydrogen-bond donors (Lipinski definition) is 0. The summed E-state index contributed by atoms with van der Waals surface area (Å²) < 4.78 is 5.13. The Morgan fingerprint density at radius 3 is 2.96 bits per heavy atom. The van der Waals surface area contributed by atoms with Crippen molar-refractivity contribution in [1.82, 2.24) is 9.88 Å². The second-order valence-electron chi connectivity index (χ2n) is 5.17. The molecule has 1 atom stereocenters. The third kappa shape index (κ3) is 3.71. The quantitative estimate of drug-likeness (QED) is 0.638. The fourth-order valence-electron chi connectivity index (χ4n) is 2.46. The van der Waals surface area contributed by atoms with Crippen LogP contribution in [0.3, 0.4) is 0 Å². The highest BCUT2D eigenvalue weighted by molar-refractivity contribution is 8.00. The summed E-state index contributed by atoms with van der Waals surface area (Å²) in [6, 6.07) is 13.0. The maximum absolute atomic E-state index is 12.2.